The number of anilines is 1. The summed E-state index contributed by atoms with van der Waals surface area (Å²) in [4.78, 5) is 1.91. The Hall–Kier alpha value is -1.68. The molecule has 2 rings (SSSR count). The lowest BCUT2D eigenvalue weighted by Gasteiger charge is -2.17. The molecule has 0 aliphatic heterocycles. The van der Waals surface area contributed by atoms with Crippen LogP contribution in [0.25, 0.3) is 0 Å². The zero-order chi connectivity index (χ0) is 12.3. The highest BCUT2D eigenvalue weighted by molar-refractivity contribution is 6.29. The minimum atomic E-state index is -0.234. The molecule has 2 aromatic rings. The first-order valence-corrected chi connectivity index (χ1v) is 5.48. The standard InChI is InChI=1S/C12H11ClFN3/c1-17(12-7-6-11(13)15-16-12)8-9-2-4-10(14)5-3-9/h2-7H,8H2,1H3. The third-order valence-electron chi connectivity index (χ3n) is 2.34. The van der Waals surface area contributed by atoms with Gasteiger partial charge in [-0.05, 0) is 29.8 Å². The highest BCUT2D eigenvalue weighted by Gasteiger charge is 2.04. The first-order valence-electron chi connectivity index (χ1n) is 5.10. The molecule has 0 aliphatic rings. The van der Waals surface area contributed by atoms with Gasteiger partial charge in [0.05, 0.1) is 0 Å². The summed E-state index contributed by atoms with van der Waals surface area (Å²) in [5, 5.41) is 8.10. The molecule has 0 radical (unpaired) electrons. The summed E-state index contributed by atoms with van der Waals surface area (Å²) in [7, 11) is 1.89. The Labute approximate surface area is 104 Å². The quantitative estimate of drug-likeness (QED) is 0.840. The molecular formula is C12H11ClFN3. The first-order chi connectivity index (χ1) is 8.15. The van der Waals surface area contributed by atoms with Crippen molar-refractivity contribution >= 4 is 17.4 Å². The summed E-state index contributed by atoms with van der Waals surface area (Å²) in [5.74, 6) is 0.487. The number of hydrogen-bond acceptors (Lipinski definition) is 3. The van der Waals surface area contributed by atoms with Crippen molar-refractivity contribution in [3.63, 3.8) is 0 Å². The molecule has 0 amide bonds. The van der Waals surface area contributed by atoms with E-state index in [-0.39, 0.29) is 5.82 Å². The van der Waals surface area contributed by atoms with Crippen LogP contribution in [0.2, 0.25) is 5.15 Å². The van der Waals surface area contributed by atoms with Crippen molar-refractivity contribution in [2.45, 2.75) is 6.54 Å². The molecular weight excluding hydrogens is 241 g/mol. The molecule has 3 nitrogen and oxygen atoms in total. The number of hydrogen-bond donors (Lipinski definition) is 0. The summed E-state index contributed by atoms with van der Waals surface area (Å²) in [6.45, 7) is 0.636. The Balaban J connectivity index is 2.08. The third-order valence-corrected chi connectivity index (χ3v) is 2.54. The molecule has 0 aliphatic carbocycles. The van der Waals surface area contributed by atoms with Crippen LogP contribution in [-0.4, -0.2) is 17.2 Å². The molecule has 0 N–H and O–H groups in total. The lowest BCUT2D eigenvalue weighted by Crippen LogP contribution is -2.17. The second-order valence-electron chi connectivity index (χ2n) is 3.70. The molecule has 0 saturated carbocycles. The van der Waals surface area contributed by atoms with Gasteiger partial charge in [-0.3, -0.25) is 0 Å². The highest BCUT2D eigenvalue weighted by atomic mass is 35.5. The fraction of sp³-hybridized carbons (Fsp3) is 0.167. The lowest BCUT2D eigenvalue weighted by molar-refractivity contribution is 0.627. The van der Waals surface area contributed by atoms with Crippen LogP contribution in [0.5, 0.6) is 0 Å². The molecule has 17 heavy (non-hydrogen) atoms. The van der Waals surface area contributed by atoms with Crippen molar-refractivity contribution in [3.8, 4) is 0 Å². The fourth-order valence-corrected chi connectivity index (χ4v) is 1.56. The number of nitrogens with zero attached hydrogens (tertiary/aromatic N) is 3. The SMILES string of the molecule is CN(Cc1ccc(F)cc1)c1ccc(Cl)nn1. The van der Waals surface area contributed by atoms with Gasteiger partial charge in [-0.25, -0.2) is 4.39 Å². The van der Waals surface area contributed by atoms with Crippen molar-refractivity contribution in [1.29, 1.82) is 0 Å². The first kappa shape index (κ1) is 11.8. The van der Waals surface area contributed by atoms with E-state index >= 15 is 0 Å². The van der Waals surface area contributed by atoms with Gasteiger partial charge < -0.3 is 4.90 Å². The Kier molecular flexibility index (Phi) is 3.54. The second-order valence-corrected chi connectivity index (χ2v) is 4.08. The van der Waals surface area contributed by atoms with Crippen LogP contribution in [0.4, 0.5) is 10.2 Å². The van der Waals surface area contributed by atoms with E-state index in [0.29, 0.717) is 11.7 Å². The van der Waals surface area contributed by atoms with Gasteiger partial charge in [0, 0.05) is 13.6 Å². The fourth-order valence-electron chi connectivity index (χ4n) is 1.46. The van der Waals surface area contributed by atoms with E-state index in [1.54, 1.807) is 24.3 Å². The van der Waals surface area contributed by atoms with Crippen LogP contribution in [0.15, 0.2) is 36.4 Å². The van der Waals surface area contributed by atoms with Crippen LogP contribution in [0.1, 0.15) is 5.56 Å². The van der Waals surface area contributed by atoms with Crippen LogP contribution >= 0.6 is 11.6 Å². The van der Waals surface area contributed by atoms with Crippen molar-refractivity contribution < 1.29 is 4.39 Å². The van der Waals surface area contributed by atoms with Gasteiger partial charge in [-0.2, -0.15) is 0 Å². The molecule has 1 aromatic carbocycles. The number of aromatic nitrogens is 2. The van der Waals surface area contributed by atoms with Gasteiger partial charge >= 0.3 is 0 Å². The molecule has 0 unspecified atom stereocenters. The molecule has 0 saturated heterocycles. The van der Waals surface area contributed by atoms with Gasteiger partial charge in [-0.1, -0.05) is 23.7 Å². The third kappa shape index (κ3) is 3.14. The topological polar surface area (TPSA) is 29.0 Å². The maximum Gasteiger partial charge on any atom is 0.151 e. The van der Waals surface area contributed by atoms with Crippen molar-refractivity contribution in [2.75, 3.05) is 11.9 Å². The normalized spacial score (nSPS) is 10.3. The largest absolute Gasteiger partial charge is 0.354 e. The van der Waals surface area contributed by atoms with Crippen LogP contribution in [-0.2, 0) is 6.54 Å². The Morgan fingerprint density at radius 1 is 1.12 bits per heavy atom. The van der Waals surface area contributed by atoms with Gasteiger partial charge in [0.2, 0.25) is 0 Å². The van der Waals surface area contributed by atoms with Crippen LogP contribution in [0, 0.1) is 5.82 Å². The van der Waals surface area contributed by atoms with Crippen molar-refractivity contribution in [1.82, 2.24) is 10.2 Å². The van der Waals surface area contributed by atoms with Crippen molar-refractivity contribution in [3.05, 3.63) is 52.9 Å². The maximum atomic E-state index is 12.7. The molecule has 1 aromatic heterocycles. The summed E-state index contributed by atoms with van der Waals surface area (Å²) in [6.07, 6.45) is 0. The molecule has 5 heteroatoms. The van der Waals surface area contributed by atoms with Crippen LogP contribution in [0.3, 0.4) is 0 Å². The Morgan fingerprint density at radius 2 is 1.82 bits per heavy atom. The predicted molar refractivity (Wildman–Crippen MR) is 65.5 cm³/mol. The molecule has 0 bridgehead atoms. The van der Waals surface area contributed by atoms with E-state index in [0.717, 1.165) is 11.4 Å². The van der Waals surface area contributed by atoms with E-state index in [9.17, 15) is 4.39 Å². The van der Waals surface area contributed by atoms with E-state index in [2.05, 4.69) is 10.2 Å². The van der Waals surface area contributed by atoms with E-state index in [4.69, 9.17) is 11.6 Å². The van der Waals surface area contributed by atoms with E-state index in [1.807, 2.05) is 11.9 Å². The summed E-state index contributed by atoms with van der Waals surface area (Å²) in [6, 6.07) is 9.85. The molecule has 88 valence electrons. The smallest absolute Gasteiger partial charge is 0.151 e. The van der Waals surface area contributed by atoms with Crippen LogP contribution < -0.4 is 4.90 Å². The van der Waals surface area contributed by atoms with Gasteiger partial charge in [0.25, 0.3) is 0 Å². The Bertz CT molecular complexity index is 484. The highest BCUT2D eigenvalue weighted by Crippen LogP contribution is 2.13. The number of rotatable bonds is 3. The monoisotopic (exact) mass is 251 g/mol. The number of benzene rings is 1. The van der Waals surface area contributed by atoms with E-state index in [1.165, 1.54) is 12.1 Å². The molecule has 0 atom stereocenters. The molecule has 0 fully saturated rings. The number of halogens is 2. The van der Waals surface area contributed by atoms with Gasteiger partial charge in [0.1, 0.15) is 5.82 Å². The second kappa shape index (κ2) is 5.10. The predicted octanol–water partition coefficient (Wildman–Crippen LogP) is 2.91. The Morgan fingerprint density at radius 3 is 2.41 bits per heavy atom. The summed E-state index contributed by atoms with van der Waals surface area (Å²) < 4.78 is 12.7. The molecule has 1 heterocycles. The zero-order valence-electron chi connectivity index (χ0n) is 9.27. The van der Waals surface area contributed by atoms with Gasteiger partial charge in [0.15, 0.2) is 11.0 Å². The average Bonchev–Trinajstić information content (AvgIpc) is 2.33. The summed E-state index contributed by atoms with van der Waals surface area (Å²) in [5.41, 5.74) is 1.01. The zero-order valence-corrected chi connectivity index (χ0v) is 10.0. The van der Waals surface area contributed by atoms with Gasteiger partial charge in [-0.15, -0.1) is 10.2 Å². The molecule has 0 spiro atoms. The average molecular weight is 252 g/mol. The lowest BCUT2D eigenvalue weighted by atomic mass is 10.2. The summed E-state index contributed by atoms with van der Waals surface area (Å²) >= 11 is 5.66. The minimum Gasteiger partial charge on any atom is -0.354 e. The minimum absolute atomic E-state index is 0.234. The maximum absolute atomic E-state index is 12.7. The van der Waals surface area contributed by atoms with E-state index < -0.39 is 0 Å². The van der Waals surface area contributed by atoms with Crippen molar-refractivity contribution in [2.24, 2.45) is 0 Å².